The molecule has 5 nitrogen and oxygen atoms in total. The zero-order chi connectivity index (χ0) is 11.5. The van der Waals surface area contributed by atoms with E-state index in [2.05, 4.69) is 0 Å². The number of nitro benzene ring substituents is 1. The van der Waals surface area contributed by atoms with Crippen molar-refractivity contribution in [1.29, 1.82) is 0 Å². The SMILES string of the molecule is NC[C@H]1CC[C@@H](c2ccc([N+](=O)[O-])cc2)O1. The van der Waals surface area contributed by atoms with Gasteiger partial charge in [0.05, 0.1) is 17.1 Å². The summed E-state index contributed by atoms with van der Waals surface area (Å²) < 4.78 is 5.70. The molecular formula is C11H14N2O3. The van der Waals surface area contributed by atoms with Crippen LogP contribution in [0.3, 0.4) is 0 Å². The maximum Gasteiger partial charge on any atom is 0.269 e. The summed E-state index contributed by atoms with van der Waals surface area (Å²) in [5.74, 6) is 0. The summed E-state index contributed by atoms with van der Waals surface area (Å²) in [6, 6.07) is 6.52. The molecule has 2 rings (SSSR count). The van der Waals surface area contributed by atoms with E-state index in [0.717, 1.165) is 18.4 Å². The molecule has 0 bridgehead atoms. The van der Waals surface area contributed by atoms with Crippen LogP contribution in [0.2, 0.25) is 0 Å². The van der Waals surface area contributed by atoms with Crippen LogP contribution in [0.4, 0.5) is 5.69 Å². The maximum absolute atomic E-state index is 10.5. The molecule has 0 aromatic heterocycles. The molecule has 1 aliphatic rings. The van der Waals surface area contributed by atoms with Gasteiger partial charge in [-0.15, -0.1) is 0 Å². The van der Waals surface area contributed by atoms with E-state index in [9.17, 15) is 10.1 Å². The van der Waals surface area contributed by atoms with Gasteiger partial charge in [0.25, 0.3) is 5.69 Å². The van der Waals surface area contributed by atoms with Crippen molar-refractivity contribution in [3.05, 3.63) is 39.9 Å². The number of benzene rings is 1. The average molecular weight is 222 g/mol. The average Bonchev–Trinajstić information content (AvgIpc) is 2.77. The predicted molar refractivity (Wildman–Crippen MR) is 59.0 cm³/mol. The zero-order valence-corrected chi connectivity index (χ0v) is 8.83. The van der Waals surface area contributed by atoms with Crippen molar-refractivity contribution < 1.29 is 9.66 Å². The lowest BCUT2D eigenvalue weighted by atomic mass is 10.1. The van der Waals surface area contributed by atoms with Gasteiger partial charge in [0.1, 0.15) is 0 Å². The fourth-order valence-corrected chi connectivity index (χ4v) is 1.93. The molecule has 1 aromatic rings. The third-order valence-electron chi connectivity index (χ3n) is 2.85. The second-order valence-electron chi connectivity index (χ2n) is 3.91. The number of nitrogens with two attached hydrogens (primary N) is 1. The Labute approximate surface area is 93.4 Å². The van der Waals surface area contributed by atoms with Gasteiger partial charge in [-0.3, -0.25) is 10.1 Å². The van der Waals surface area contributed by atoms with Crippen molar-refractivity contribution in [3.63, 3.8) is 0 Å². The predicted octanol–water partition coefficient (Wildman–Crippen LogP) is 1.77. The van der Waals surface area contributed by atoms with Crippen molar-refractivity contribution in [2.45, 2.75) is 25.0 Å². The molecule has 0 aliphatic carbocycles. The van der Waals surface area contributed by atoms with E-state index in [1.54, 1.807) is 12.1 Å². The van der Waals surface area contributed by atoms with Gasteiger partial charge in [0.2, 0.25) is 0 Å². The van der Waals surface area contributed by atoms with Crippen molar-refractivity contribution in [3.8, 4) is 0 Å². The molecule has 2 atom stereocenters. The van der Waals surface area contributed by atoms with E-state index < -0.39 is 4.92 Å². The van der Waals surface area contributed by atoms with Gasteiger partial charge >= 0.3 is 0 Å². The molecule has 0 saturated carbocycles. The molecule has 0 radical (unpaired) electrons. The number of nitrogens with zero attached hydrogens (tertiary/aromatic N) is 1. The van der Waals surface area contributed by atoms with Gasteiger partial charge in [0, 0.05) is 18.7 Å². The first kappa shape index (κ1) is 11.0. The van der Waals surface area contributed by atoms with Crippen LogP contribution in [0.15, 0.2) is 24.3 Å². The largest absolute Gasteiger partial charge is 0.369 e. The Kier molecular flexibility index (Phi) is 3.17. The lowest BCUT2D eigenvalue weighted by molar-refractivity contribution is -0.384. The van der Waals surface area contributed by atoms with Gasteiger partial charge in [-0.1, -0.05) is 0 Å². The Morgan fingerprint density at radius 2 is 2.06 bits per heavy atom. The Morgan fingerprint density at radius 1 is 1.38 bits per heavy atom. The number of hydrogen-bond donors (Lipinski definition) is 1. The summed E-state index contributed by atoms with van der Waals surface area (Å²) in [6.45, 7) is 0.531. The molecule has 5 heteroatoms. The smallest absolute Gasteiger partial charge is 0.269 e. The van der Waals surface area contributed by atoms with Crippen LogP contribution < -0.4 is 5.73 Å². The second kappa shape index (κ2) is 4.59. The van der Waals surface area contributed by atoms with Gasteiger partial charge in [0.15, 0.2) is 0 Å². The summed E-state index contributed by atoms with van der Waals surface area (Å²) in [5.41, 5.74) is 6.62. The highest BCUT2D eigenvalue weighted by Crippen LogP contribution is 2.32. The molecule has 1 aromatic carbocycles. The minimum Gasteiger partial charge on any atom is -0.369 e. The highest BCUT2D eigenvalue weighted by atomic mass is 16.6. The van der Waals surface area contributed by atoms with Crippen LogP contribution in [-0.4, -0.2) is 17.6 Å². The molecule has 1 heterocycles. The topological polar surface area (TPSA) is 78.4 Å². The van der Waals surface area contributed by atoms with Crippen LogP contribution in [-0.2, 0) is 4.74 Å². The van der Waals surface area contributed by atoms with Gasteiger partial charge in [-0.05, 0) is 30.5 Å². The van der Waals surface area contributed by atoms with Gasteiger partial charge in [-0.25, -0.2) is 0 Å². The minimum atomic E-state index is -0.401. The number of hydrogen-bond acceptors (Lipinski definition) is 4. The van der Waals surface area contributed by atoms with E-state index in [1.165, 1.54) is 12.1 Å². The number of ether oxygens (including phenoxy) is 1. The highest BCUT2D eigenvalue weighted by molar-refractivity contribution is 5.34. The molecule has 1 fully saturated rings. The standard InChI is InChI=1S/C11H14N2O3/c12-7-10-5-6-11(16-10)8-1-3-9(4-2-8)13(14)15/h1-4,10-11H,5-7,12H2/t10-,11+/m1/s1. The van der Waals surface area contributed by atoms with Crippen LogP contribution in [0.1, 0.15) is 24.5 Å². The Hall–Kier alpha value is -1.46. The monoisotopic (exact) mass is 222 g/mol. The van der Waals surface area contributed by atoms with Gasteiger partial charge in [-0.2, -0.15) is 0 Å². The maximum atomic E-state index is 10.5. The molecule has 0 amide bonds. The first-order valence-electron chi connectivity index (χ1n) is 5.30. The summed E-state index contributed by atoms with van der Waals surface area (Å²) in [5, 5.41) is 10.5. The number of nitro groups is 1. The van der Waals surface area contributed by atoms with E-state index in [4.69, 9.17) is 10.5 Å². The summed E-state index contributed by atoms with van der Waals surface area (Å²) in [7, 11) is 0. The first-order valence-corrected chi connectivity index (χ1v) is 5.30. The molecule has 0 unspecified atom stereocenters. The fraction of sp³-hybridized carbons (Fsp3) is 0.455. The van der Waals surface area contributed by atoms with Gasteiger partial charge < -0.3 is 10.5 Å². The third kappa shape index (κ3) is 2.20. The van der Waals surface area contributed by atoms with Crippen LogP contribution in [0, 0.1) is 10.1 Å². The molecular weight excluding hydrogens is 208 g/mol. The summed E-state index contributed by atoms with van der Waals surface area (Å²) >= 11 is 0. The number of rotatable bonds is 3. The Balaban J connectivity index is 2.08. The van der Waals surface area contributed by atoms with Crippen molar-refractivity contribution in [2.75, 3.05) is 6.54 Å². The van der Waals surface area contributed by atoms with E-state index in [1.807, 2.05) is 0 Å². The lowest BCUT2D eigenvalue weighted by Crippen LogP contribution is -2.18. The van der Waals surface area contributed by atoms with Crippen LogP contribution in [0.5, 0.6) is 0 Å². The Bertz CT molecular complexity index is 377. The van der Waals surface area contributed by atoms with Crippen LogP contribution in [0.25, 0.3) is 0 Å². The molecule has 16 heavy (non-hydrogen) atoms. The number of non-ortho nitro benzene ring substituents is 1. The van der Waals surface area contributed by atoms with Crippen molar-refractivity contribution in [1.82, 2.24) is 0 Å². The molecule has 2 N–H and O–H groups in total. The van der Waals surface area contributed by atoms with Crippen LogP contribution >= 0.6 is 0 Å². The highest BCUT2D eigenvalue weighted by Gasteiger charge is 2.25. The van der Waals surface area contributed by atoms with E-state index >= 15 is 0 Å². The van der Waals surface area contributed by atoms with E-state index in [0.29, 0.717) is 6.54 Å². The van der Waals surface area contributed by atoms with Crippen molar-refractivity contribution in [2.24, 2.45) is 5.73 Å². The first-order chi connectivity index (χ1) is 7.70. The molecule has 86 valence electrons. The third-order valence-corrected chi connectivity index (χ3v) is 2.85. The lowest BCUT2D eigenvalue weighted by Gasteiger charge is -2.12. The normalized spacial score (nSPS) is 24.6. The summed E-state index contributed by atoms with van der Waals surface area (Å²) in [6.07, 6.45) is 2.05. The van der Waals surface area contributed by atoms with Crippen molar-refractivity contribution >= 4 is 5.69 Å². The molecule has 1 saturated heterocycles. The zero-order valence-electron chi connectivity index (χ0n) is 8.83. The molecule has 1 aliphatic heterocycles. The molecule has 0 spiro atoms. The summed E-state index contributed by atoms with van der Waals surface area (Å²) in [4.78, 5) is 10.1. The van der Waals surface area contributed by atoms with E-state index in [-0.39, 0.29) is 17.9 Å². The minimum absolute atomic E-state index is 0.0364. The Morgan fingerprint density at radius 3 is 2.56 bits per heavy atom. The second-order valence-corrected chi connectivity index (χ2v) is 3.91. The quantitative estimate of drug-likeness (QED) is 0.624. The fourth-order valence-electron chi connectivity index (χ4n) is 1.93.